The molecule has 0 saturated heterocycles. The number of aromatic nitrogens is 4. The Bertz CT molecular complexity index is 644. The van der Waals surface area contributed by atoms with E-state index in [1.54, 1.807) is 0 Å². The van der Waals surface area contributed by atoms with Crippen molar-refractivity contribution in [3.05, 3.63) is 29.3 Å². The van der Waals surface area contributed by atoms with E-state index in [4.69, 9.17) is 15.2 Å². The van der Waals surface area contributed by atoms with Crippen LogP contribution in [0.1, 0.15) is 55.1 Å². The van der Waals surface area contributed by atoms with Crippen molar-refractivity contribution < 1.29 is 5.11 Å². The molecule has 0 unspecified atom stereocenters. The van der Waals surface area contributed by atoms with Crippen molar-refractivity contribution in [3.8, 4) is 11.4 Å². The van der Waals surface area contributed by atoms with Crippen molar-refractivity contribution in [1.29, 1.82) is 0 Å². The molecule has 1 fully saturated rings. The first kappa shape index (κ1) is 15.2. The minimum atomic E-state index is 0.170. The van der Waals surface area contributed by atoms with Crippen LogP contribution in [-0.4, -0.2) is 31.5 Å². The van der Waals surface area contributed by atoms with Gasteiger partial charge in [0.05, 0.1) is 0 Å². The van der Waals surface area contributed by atoms with E-state index < -0.39 is 0 Å². The summed E-state index contributed by atoms with van der Waals surface area (Å²) in [6.45, 7) is 4.95. The van der Waals surface area contributed by atoms with Gasteiger partial charge >= 0.3 is 0 Å². The summed E-state index contributed by atoms with van der Waals surface area (Å²) in [7, 11) is 0. The fourth-order valence-corrected chi connectivity index (χ4v) is 3.22. The maximum absolute atomic E-state index is 9.12. The lowest BCUT2D eigenvalue weighted by Gasteiger charge is -2.07. The van der Waals surface area contributed by atoms with Gasteiger partial charge in [-0.3, -0.25) is 4.98 Å². The summed E-state index contributed by atoms with van der Waals surface area (Å²) < 4.78 is 1.95. The van der Waals surface area contributed by atoms with Crippen molar-refractivity contribution in [1.82, 2.24) is 19.7 Å². The van der Waals surface area contributed by atoms with Crippen molar-refractivity contribution in [3.63, 3.8) is 0 Å². The van der Waals surface area contributed by atoms with E-state index >= 15 is 0 Å². The van der Waals surface area contributed by atoms with Crippen LogP contribution in [0.2, 0.25) is 0 Å². The van der Waals surface area contributed by atoms with Gasteiger partial charge in [0.2, 0.25) is 0 Å². The number of pyridine rings is 1. The van der Waals surface area contributed by atoms with E-state index in [2.05, 4.69) is 18.0 Å². The van der Waals surface area contributed by atoms with Gasteiger partial charge in [0, 0.05) is 36.5 Å². The summed E-state index contributed by atoms with van der Waals surface area (Å²) in [6, 6.07) is 2.08. The quantitative estimate of drug-likeness (QED) is 0.922. The van der Waals surface area contributed by atoms with E-state index in [1.165, 1.54) is 31.2 Å². The Morgan fingerprint density at radius 2 is 2.05 bits per heavy atom. The van der Waals surface area contributed by atoms with Gasteiger partial charge in [0.1, 0.15) is 0 Å². The number of rotatable bonds is 5. The fraction of sp³-hybridized carbons (Fsp3) is 0.588. The van der Waals surface area contributed by atoms with Crippen LogP contribution in [0, 0.1) is 13.8 Å². The van der Waals surface area contributed by atoms with Crippen LogP contribution in [0.25, 0.3) is 11.4 Å². The Morgan fingerprint density at radius 3 is 2.73 bits per heavy atom. The Kier molecular flexibility index (Phi) is 4.52. The zero-order valence-electron chi connectivity index (χ0n) is 13.4. The first-order valence-corrected chi connectivity index (χ1v) is 8.18. The molecule has 0 radical (unpaired) electrons. The molecule has 5 heteroatoms. The third kappa shape index (κ3) is 3.04. The van der Waals surface area contributed by atoms with Gasteiger partial charge in [0.25, 0.3) is 0 Å². The average molecular weight is 300 g/mol. The second-order valence-electron chi connectivity index (χ2n) is 6.22. The Labute approximate surface area is 131 Å². The molecular formula is C17H24N4O. The van der Waals surface area contributed by atoms with Crippen LogP contribution >= 0.6 is 0 Å². The predicted molar refractivity (Wildman–Crippen MR) is 85.6 cm³/mol. The van der Waals surface area contributed by atoms with Crippen molar-refractivity contribution in [2.45, 2.75) is 58.4 Å². The lowest BCUT2D eigenvalue weighted by atomic mass is 10.1. The number of aryl methyl sites for hydroxylation is 3. The van der Waals surface area contributed by atoms with Gasteiger partial charge in [-0.05, 0) is 44.7 Å². The van der Waals surface area contributed by atoms with Crippen molar-refractivity contribution >= 4 is 0 Å². The summed E-state index contributed by atoms with van der Waals surface area (Å²) in [6.07, 6.45) is 7.51. The number of hydrogen-bond donors (Lipinski definition) is 1. The summed E-state index contributed by atoms with van der Waals surface area (Å²) in [5.74, 6) is 2.35. The number of aliphatic hydroxyl groups excluding tert-OH is 1. The minimum absolute atomic E-state index is 0.170. The van der Waals surface area contributed by atoms with Crippen LogP contribution in [0.15, 0.2) is 12.3 Å². The summed E-state index contributed by atoms with van der Waals surface area (Å²) in [5, 5.41) is 13.9. The molecule has 22 heavy (non-hydrogen) atoms. The lowest BCUT2D eigenvalue weighted by molar-refractivity contribution is 0.277. The first-order chi connectivity index (χ1) is 10.7. The number of hydrogen-bond acceptors (Lipinski definition) is 4. The number of nitrogens with zero attached hydrogens (tertiary/aromatic N) is 4. The molecule has 0 spiro atoms. The molecule has 1 N–H and O–H groups in total. The summed E-state index contributed by atoms with van der Waals surface area (Å²) >= 11 is 0. The van der Waals surface area contributed by atoms with Crippen LogP contribution in [-0.2, 0) is 6.54 Å². The summed E-state index contributed by atoms with van der Waals surface area (Å²) in [4.78, 5) is 9.25. The van der Waals surface area contributed by atoms with E-state index in [1.807, 2.05) is 17.8 Å². The lowest BCUT2D eigenvalue weighted by Crippen LogP contribution is -2.06. The van der Waals surface area contributed by atoms with Crippen LogP contribution in [0.3, 0.4) is 0 Å². The molecule has 1 aliphatic rings. The smallest absolute Gasteiger partial charge is 0.160 e. The molecular weight excluding hydrogens is 276 g/mol. The molecule has 0 aliphatic heterocycles. The molecule has 0 atom stereocenters. The summed E-state index contributed by atoms with van der Waals surface area (Å²) in [5.41, 5.74) is 3.22. The molecule has 0 bridgehead atoms. The zero-order chi connectivity index (χ0) is 15.5. The highest BCUT2D eigenvalue weighted by Gasteiger charge is 2.23. The van der Waals surface area contributed by atoms with Crippen molar-refractivity contribution in [2.75, 3.05) is 6.61 Å². The number of aliphatic hydroxyl groups is 1. The molecule has 2 aromatic rings. The molecule has 2 heterocycles. The first-order valence-electron chi connectivity index (χ1n) is 8.18. The van der Waals surface area contributed by atoms with Crippen LogP contribution in [0.5, 0.6) is 0 Å². The monoisotopic (exact) mass is 300 g/mol. The normalized spacial score (nSPS) is 15.6. The molecule has 1 aliphatic carbocycles. The third-order valence-corrected chi connectivity index (χ3v) is 4.42. The highest BCUT2D eigenvalue weighted by Crippen LogP contribution is 2.33. The SMILES string of the molecule is Cc1cc(C)c(-c2nc(C3CCCC3)nn2CCCO)cn1. The van der Waals surface area contributed by atoms with E-state index in [0.29, 0.717) is 18.9 Å². The molecule has 1 saturated carbocycles. The second-order valence-corrected chi connectivity index (χ2v) is 6.22. The van der Waals surface area contributed by atoms with Gasteiger partial charge in [-0.25, -0.2) is 9.67 Å². The van der Waals surface area contributed by atoms with E-state index in [9.17, 15) is 0 Å². The largest absolute Gasteiger partial charge is 0.396 e. The molecule has 118 valence electrons. The predicted octanol–water partition coefficient (Wildman–Crippen LogP) is 3.00. The van der Waals surface area contributed by atoms with Gasteiger partial charge in [-0.2, -0.15) is 5.10 Å². The Balaban J connectivity index is 1.99. The molecule has 2 aromatic heterocycles. The third-order valence-electron chi connectivity index (χ3n) is 4.42. The second kappa shape index (κ2) is 6.57. The van der Waals surface area contributed by atoms with Gasteiger partial charge in [-0.1, -0.05) is 12.8 Å². The zero-order valence-corrected chi connectivity index (χ0v) is 13.4. The Hall–Kier alpha value is -1.75. The Morgan fingerprint density at radius 1 is 1.27 bits per heavy atom. The standard InChI is InChI=1S/C17H24N4O/c1-12-10-13(2)18-11-15(12)17-19-16(14-6-3-4-7-14)20-21(17)8-5-9-22/h10-11,14,22H,3-9H2,1-2H3. The highest BCUT2D eigenvalue weighted by molar-refractivity contribution is 5.59. The van der Waals surface area contributed by atoms with Crippen LogP contribution < -0.4 is 0 Å². The highest BCUT2D eigenvalue weighted by atomic mass is 16.3. The molecule has 3 rings (SSSR count). The topological polar surface area (TPSA) is 63.8 Å². The van der Waals surface area contributed by atoms with Gasteiger partial charge in [0.15, 0.2) is 11.6 Å². The van der Waals surface area contributed by atoms with Crippen LogP contribution in [0.4, 0.5) is 0 Å². The van der Waals surface area contributed by atoms with E-state index in [-0.39, 0.29) is 6.61 Å². The van der Waals surface area contributed by atoms with E-state index in [0.717, 1.165) is 22.9 Å². The maximum Gasteiger partial charge on any atom is 0.160 e. The maximum atomic E-state index is 9.12. The van der Waals surface area contributed by atoms with Gasteiger partial charge in [-0.15, -0.1) is 0 Å². The van der Waals surface area contributed by atoms with Gasteiger partial charge < -0.3 is 5.11 Å². The fourth-order valence-electron chi connectivity index (χ4n) is 3.22. The minimum Gasteiger partial charge on any atom is -0.396 e. The molecule has 0 amide bonds. The molecule has 5 nitrogen and oxygen atoms in total. The van der Waals surface area contributed by atoms with Crippen molar-refractivity contribution in [2.24, 2.45) is 0 Å². The average Bonchev–Trinajstić information content (AvgIpc) is 3.14. The molecule has 0 aromatic carbocycles.